The molecule has 0 bridgehead atoms. The first-order valence-electron chi connectivity index (χ1n) is 7.68. The number of hydrogen-bond acceptors (Lipinski definition) is 4. The Morgan fingerprint density at radius 3 is 2.71 bits per heavy atom. The first-order chi connectivity index (χ1) is 10.1. The van der Waals surface area contributed by atoms with E-state index in [-0.39, 0.29) is 0 Å². The van der Waals surface area contributed by atoms with Crippen molar-refractivity contribution in [3.05, 3.63) is 29.6 Å². The fraction of sp³-hybridized carbons (Fsp3) is 0.667. The van der Waals surface area contributed by atoms with E-state index in [4.69, 9.17) is 0 Å². The third kappa shape index (κ3) is 3.00. The van der Waals surface area contributed by atoms with E-state index in [1.807, 2.05) is 10.9 Å². The summed E-state index contributed by atoms with van der Waals surface area (Å²) in [5.74, 6) is 2.78. The maximum absolute atomic E-state index is 4.39. The van der Waals surface area contributed by atoms with Gasteiger partial charge in [0.15, 0.2) is 0 Å². The molecule has 21 heavy (non-hydrogen) atoms. The Morgan fingerprint density at radius 2 is 2.10 bits per heavy atom. The van der Waals surface area contributed by atoms with Crippen LogP contribution in [-0.2, 0) is 13.6 Å². The molecule has 1 fully saturated rings. The molecule has 0 aromatic carbocycles. The molecule has 0 aliphatic heterocycles. The number of nitrogens with one attached hydrogen (secondary N) is 1. The molecule has 1 N–H and O–H groups in total. The van der Waals surface area contributed by atoms with Crippen LogP contribution in [0.5, 0.6) is 0 Å². The first-order valence-corrected chi connectivity index (χ1v) is 7.68. The molecular formula is C15H24N6. The number of nitrogens with zero attached hydrogens (tertiary/aromatic N) is 5. The quantitative estimate of drug-likeness (QED) is 0.882. The SMILES string of the molecule is Cc1cnn([C@H](C)[C@H](C)NCc2nnc(C3CC3)n2C)c1. The van der Waals surface area contributed by atoms with E-state index >= 15 is 0 Å². The van der Waals surface area contributed by atoms with Crippen LogP contribution in [0.3, 0.4) is 0 Å². The van der Waals surface area contributed by atoms with Gasteiger partial charge in [-0.3, -0.25) is 4.68 Å². The monoisotopic (exact) mass is 288 g/mol. The maximum Gasteiger partial charge on any atom is 0.146 e. The van der Waals surface area contributed by atoms with E-state index in [0.717, 1.165) is 18.2 Å². The molecule has 0 radical (unpaired) electrons. The molecule has 0 spiro atoms. The van der Waals surface area contributed by atoms with Crippen molar-refractivity contribution >= 4 is 0 Å². The Balaban J connectivity index is 1.59. The van der Waals surface area contributed by atoms with Gasteiger partial charge in [-0.1, -0.05) is 0 Å². The van der Waals surface area contributed by atoms with E-state index in [9.17, 15) is 0 Å². The molecule has 1 aliphatic carbocycles. The van der Waals surface area contributed by atoms with Crippen LogP contribution >= 0.6 is 0 Å². The van der Waals surface area contributed by atoms with E-state index in [2.05, 4.69) is 59.2 Å². The van der Waals surface area contributed by atoms with Crippen LogP contribution < -0.4 is 5.32 Å². The topological polar surface area (TPSA) is 60.6 Å². The van der Waals surface area contributed by atoms with Gasteiger partial charge in [-0.05, 0) is 39.2 Å². The Hall–Kier alpha value is -1.69. The van der Waals surface area contributed by atoms with E-state index < -0.39 is 0 Å². The van der Waals surface area contributed by atoms with Gasteiger partial charge in [0.25, 0.3) is 0 Å². The Morgan fingerprint density at radius 1 is 1.33 bits per heavy atom. The van der Waals surface area contributed by atoms with Crippen molar-refractivity contribution in [2.75, 3.05) is 0 Å². The summed E-state index contributed by atoms with van der Waals surface area (Å²) in [6.45, 7) is 7.16. The van der Waals surface area contributed by atoms with Crippen molar-refractivity contribution in [2.45, 2.75) is 58.2 Å². The molecule has 2 heterocycles. The number of aromatic nitrogens is 5. The fourth-order valence-electron chi connectivity index (χ4n) is 2.53. The van der Waals surface area contributed by atoms with Gasteiger partial charge in [0.05, 0.1) is 18.8 Å². The molecular weight excluding hydrogens is 264 g/mol. The van der Waals surface area contributed by atoms with E-state index in [0.29, 0.717) is 18.0 Å². The largest absolute Gasteiger partial charge is 0.317 e. The summed E-state index contributed by atoms with van der Waals surface area (Å²) in [5.41, 5.74) is 1.19. The highest BCUT2D eigenvalue weighted by atomic mass is 15.3. The second-order valence-electron chi connectivity index (χ2n) is 6.22. The first kappa shape index (κ1) is 14.3. The predicted molar refractivity (Wildman–Crippen MR) is 81.0 cm³/mol. The lowest BCUT2D eigenvalue weighted by Gasteiger charge is -2.21. The number of aryl methyl sites for hydroxylation is 1. The van der Waals surface area contributed by atoms with Crippen molar-refractivity contribution in [3.63, 3.8) is 0 Å². The minimum atomic E-state index is 0.301. The molecule has 6 heteroatoms. The summed E-state index contributed by atoms with van der Waals surface area (Å²) in [6.07, 6.45) is 6.49. The summed E-state index contributed by atoms with van der Waals surface area (Å²) < 4.78 is 4.15. The van der Waals surface area contributed by atoms with Crippen molar-refractivity contribution in [1.29, 1.82) is 0 Å². The molecule has 0 unspecified atom stereocenters. The lowest BCUT2D eigenvalue weighted by atomic mass is 10.2. The van der Waals surface area contributed by atoms with Gasteiger partial charge in [0.2, 0.25) is 0 Å². The van der Waals surface area contributed by atoms with Crippen LogP contribution in [-0.4, -0.2) is 30.6 Å². The summed E-state index contributed by atoms with van der Waals surface area (Å²) in [4.78, 5) is 0. The molecule has 6 nitrogen and oxygen atoms in total. The van der Waals surface area contributed by atoms with Gasteiger partial charge in [0.1, 0.15) is 11.6 Å². The van der Waals surface area contributed by atoms with Crippen molar-refractivity contribution in [2.24, 2.45) is 7.05 Å². The molecule has 3 rings (SSSR count). The Labute approximate surface area is 125 Å². The third-order valence-corrected chi connectivity index (χ3v) is 4.39. The zero-order chi connectivity index (χ0) is 15.0. The van der Waals surface area contributed by atoms with Crippen molar-refractivity contribution in [1.82, 2.24) is 29.9 Å². The average molecular weight is 288 g/mol. The summed E-state index contributed by atoms with van der Waals surface area (Å²) >= 11 is 0. The van der Waals surface area contributed by atoms with Crippen LogP contribution in [0.1, 0.15) is 55.9 Å². The number of rotatable bonds is 6. The van der Waals surface area contributed by atoms with Gasteiger partial charge in [-0.2, -0.15) is 5.10 Å². The van der Waals surface area contributed by atoms with E-state index in [1.54, 1.807) is 0 Å². The molecule has 0 saturated heterocycles. The molecule has 0 amide bonds. The fourth-order valence-corrected chi connectivity index (χ4v) is 2.53. The molecule has 114 valence electrons. The highest BCUT2D eigenvalue weighted by molar-refractivity contribution is 5.07. The van der Waals surface area contributed by atoms with Gasteiger partial charge < -0.3 is 9.88 Å². The van der Waals surface area contributed by atoms with Crippen molar-refractivity contribution < 1.29 is 0 Å². The predicted octanol–water partition coefficient (Wildman–Crippen LogP) is 1.94. The minimum Gasteiger partial charge on any atom is -0.317 e. The molecule has 1 aliphatic rings. The zero-order valence-electron chi connectivity index (χ0n) is 13.2. The second kappa shape index (κ2) is 5.60. The lowest BCUT2D eigenvalue weighted by Crippen LogP contribution is -2.34. The third-order valence-electron chi connectivity index (χ3n) is 4.39. The minimum absolute atomic E-state index is 0.301. The molecule has 1 saturated carbocycles. The van der Waals surface area contributed by atoms with Crippen LogP contribution in [0, 0.1) is 6.92 Å². The molecule has 2 atom stereocenters. The highest BCUT2D eigenvalue weighted by Gasteiger charge is 2.29. The van der Waals surface area contributed by atoms with Gasteiger partial charge >= 0.3 is 0 Å². The lowest BCUT2D eigenvalue weighted by molar-refractivity contribution is 0.360. The summed E-state index contributed by atoms with van der Waals surface area (Å²) in [7, 11) is 2.07. The van der Waals surface area contributed by atoms with Crippen LogP contribution in [0.2, 0.25) is 0 Å². The number of hydrogen-bond donors (Lipinski definition) is 1. The normalized spacial score (nSPS) is 17.9. The van der Waals surface area contributed by atoms with Crippen LogP contribution in [0.25, 0.3) is 0 Å². The van der Waals surface area contributed by atoms with E-state index in [1.165, 1.54) is 18.4 Å². The van der Waals surface area contributed by atoms with Crippen molar-refractivity contribution in [3.8, 4) is 0 Å². The average Bonchev–Trinajstić information content (AvgIpc) is 3.11. The van der Waals surface area contributed by atoms with Crippen LogP contribution in [0.15, 0.2) is 12.4 Å². The Bertz CT molecular complexity index is 609. The van der Waals surface area contributed by atoms with Crippen LogP contribution in [0.4, 0.5) is 0 Å². The summed E-state index contributed by atoms with van der Waals surface area (Å²) in [6, 6.07) is 0.611. The maximum atomic E-state index is 4.39. The smallest absolute Gasteiger partial charge is 0.146 e. The molecule has 2 aromatic heterocycles. The highest BCUT2D eigenvalue weighted by Crippen LogP contribution is 2.38. The standard InChI is InChI=1S/C15H24N6/c1-10-7-17-21(9-10)12(3)11(2)16-8-14-18-19-15(20(14)4)13-5-6-13/h7,9,11-13,16H,5-6,8H2,1-4H3/t11-,12+/m0/s1. The second-order valence-corrected chi connectivity index (χ2v) is 6.22. The zero-order valence-corrected chi connectivity index (χ0v) is 13.2. The molecule has 2 aromatic rings. The summed E-state index contributed by atoms with van der Waals surface area (Å²) in [5, 5.41) is 16.6. The van der Waals surface area contributed by atoms with Gasteiger partial charge in [0, 0.05) is 25.2 Å². The Kier molecular flexibility index (Phi) is 3.80. The van der Waals surface area contributed by atoms with Gasteiger partial charge in [-0.15, -0.1) is 10.2 Å². The van der Waals surface area contributed by atoms with Gasteiger partial charge in [-0.25, -0.2) is 0 Å².